The van der Waals surface area contributed by atoms with Crippen LogP contribution in [-0.4, -0.2) is 22.6 Å². The maximum atomic E-state index is 11.2. The molecule has 1 aliphatic rings. The van der Waals surface area contributed by atoms with E-state index in [2.05, 4.69) is 34.6 Å². The van der Waals surface area contributed by atoms with Gasteiger partial charge in [0.05, 0.1) is 17.4 Å². The van der Waals surface area contributed by atoms with Gasteiger partial charge >= 0.3 is 5.97 Å². The standard InChI is InChI=1S/C17H18N2O2.C2H6/c20-17(21)15-8-9-18-11-16(15)19-10-13-6-3-5-12-4-1-2-7-14(12)13;1-2/h1-2,4,7-9,11,13,19H,3,5-6,10H2,(H,20,21);1-2H3/t13-;/m1./s1. The Morgan fingerprint density at radius 1 is 1.30 bits per heavy atom. The number of carboxylic acids is 1. The number of nitrogens with zero attached hydrogens (tertiary/aromatic N) is 1. The van der Waals surface area contributed by atoms with E-state index in [4.69, 9.17) is 0 Å². The number of fused-ring (bicyclic) bond motifs is 1. The van der Waals surface area contributed by atoms with Gasteiger partial charge < -0.3 is 10.4 Å². The number of carbonyl (C=O) groups is 1. The predicted octanol–water partition coefficient (Wildman–Crippen LogP) is 4.34. The second-order valence-corrected chi connectivity index (χ2v) is 5.40. The summed E-state index contributed by atoms with van der Waals surface area (Å²) in [4.78, 5) is 15.2. The Morgan fingerprint density at radius 2 is 2.09 bits per heavy atom. The predicted molar refractivity (Wildman–Crippen MR) is 93.2 cm³/mol. The molecule has 1 aliphatic carbocycles. The Balaban J connectivity index is 0.000000924. The summed E-state index contributed by atoms with van der Waals surface area (Å²) in [5.74, 6) is -0.499. The van der Waals surface area contributed by atoms with E-state index in [9.17, 15) is 9.90 Å². The molecule has 0 unspecified atom stereocenters. The Kier molecular flexibility index (Phi) is 6.15. The maximum Gasteiger partial charge on any atom is 0.337 e. The van der Waals surface area contributed by atoms with Crippen molar-refractivity contribution in [2.24, 2.45) is 0 Å². The van der Waals surface area contributed by atoms with E-state index < -0.39 is 5.97 Å². The lowest BCUT2D eigenvalue weighted by Crippen LogP contribution is -2.19. The molecule has 2 N–H and O–H groups in total. The van der Waals surface area contributed by atoms with Crippen LogP contribution < -0.4 is 5.32 Å². The lowest BCUT2D eigenvalue weighted by atomic mass is 9.83. The van der Waals surface area contributed by atoms with Gasteiger partial charge in [-0.25, -0.2) is 4.79 Å². The maximum absolute atomic E-state index is 11.2. The zero-order valence-electron chi connectivity index (χ0n) is 13.7. The molecule has 0 spiro atoms. The van der Waals surface area contributed by atoms with Crippen molar-refractivity contribution in [1.82, 2.24) is 4.98 Å². The van der Waals surface area contributed by atoms with Crippen LogP contribution in [0.15, 0.2) is 42.7 Å². The summed E-state index contributed by atoms with van der Waals surface area (Å²) in [6.45, 7) is 4.74. The first kappa shape index (κ1) is 17.0. The van der Waals surface area contributed by atoms with E-state index in [1.54, 1.807) is 6.20 Å². The fourth-order valence-corrected chi connectivity index (χ4v) is 3.02. The third-order valence-corrected chi connectivity index (χ3v) is 4.08. The van der Waals surface area contributed by atoms with Crippen molar-refractivity contribution in [3.8, 4) is 0 Å². The molecule has 4 heteroatoms. The van der Waals surface area contributed by atoms with Crippen LogP contribution in [0.5, 0.6) is 0 Å². The van der Waals surface area contributed by atoms with Crippen molar-refractivity contribution in [1.29, 1.82) is 0 Å². The fraction of sp³-hybridized carbons (Fsp3) is 0.368. The first-order valence-corrected chi connectivity index (χ1v) is 8.24. The van der Waals surface area contributed by atoms with Crippen LogP contribution in [0.25, 0.3) is 0 Å². The molecule has 1 atom stereocenters. The van der Waals surface area contributed by atoms with Gasteiger partial charge in [-0.15, -0.1) is 0 Å². The van der Waals surface area contributed by atoms with Gasteiger partial charge in [0.2, 0.25) is 0 Å². The molecule has 0 amide bonds. The summed E-state index contributed by atoms with van der Waals surface area (Å²) in [5.41, 5.74) is 3.67. The molecule has 1 aromatic carbocycles. The molecule has 122 valence electrons. The van der Waals surface area contributed by atoms with Crippen LogP contribution in [0.3, 0.4) is 0 Å². The SMILES string of the molecule is CC.O=C(O)c1ccncc1NC[C@H]1CCCc2ccccc21. The lowest BCUT2D eigenvalue weighted by Gasteiger charge is -2.26. The second kappa shape index (κ2) is 8.32. The number of aromatic carboxylic acids is 1. The minimum absolute atomic E-state index is 0.272. The summed E-state index contributed by atoms with van der Waals surface area (Å²) >= 11 is 0. The molecular weight excluding hydrogens is 288 g/mol. The fourth-order valence-electron chi connectivity index (χ4n) is 3.02. The van der Waals surface area contributed by atoms with E-state index in [0.29, 0.717) is 11.6 Å². The molecule has 0 saturated heterocycles. The Labute approximate surface area is 137 Å². The summed E-state index contributed by atoms with van der Waals surface area (Å²) < 4.78 is 0. The number of aromatic nitrogens is 1. The molecular formula is C19H24N2O2. The number of carboxylic acid groups (broad SMARTS) is 1. The van der Waals surface area contributed by atoms with Gasteiger partial charge in [0, 0.05) is 18.7 Å². The van der Waals surface area contributed by atoms with Crippen molar-refractivity contribution in [2.75, 3.05) is 11.9 Å². The van der Waals surface area contributed by atoms with Crippen molar-refractivity contribution >= 4 is 11.7 Å². The van der Waals surface area contributed by atoms with Gasteiger partial charge in [-0.3, -0.25) is 4.98 Å². The lowest BCUT2D eigenvalue weighted by molar-refractivity contribution is 0.0698. The van der Waals surface area contributed by atoms with E-state index in [0.717, 1.165) is 19.4 Å². The minimum atomic E-state index is -0.927. The summed E-state index contributed by atoms with van der Waals surface area (Å²) in [6, 6.07) is 10.1. The van der Waals surface area contributed by atoms with Crippen LogP contribution >= 0.6 is 0 Å². The number of pyridine rings is 1. The Morgan fingerprint density at radius 3 is 2.87 bits per heavy atom. The normalized spacial score (nSPS) is 15.8. The number of hydrogen-bond acceptors (Lipinski definition) is 3. The number of nitrogens with one attached hydrogen (secondary N) is 1. The molecule has 0 fully saturated rings. The van der Waals surface area contributed by atoms with Gasteiger partial charge in [-0.2, -0.15) is 0 Å². The summed E-state index contributed by atoms with van der Waals surface area (Å²) in [6.07, 6.45) is 6.54. The zero-order valence-corrected chi connectivity index (χ0v) is 13.7. The number of rotatable bonds is 4. The summed E-state index contributed by atoms with van der Waals surface area (Å²) in [5, 5.41) is 12.5. The molecule has 23 heavy (non-hydrogen) atoms. The van der Waals surface area contributed by atoms with Gasteiger partial charge in [0.15, 0.2) is 0 Å². The summed E-state index contributed by atoms with van der Waals surface area (Å²) in [7, 11) is 0. The van der Waals surface area contributed by atoms with Gasteiger partial charge in [0.25, 0.3) is 0 Å². The van der Waals surface area contributed by atoms with E-state index in [1.165, 1.54) is 29.8 Å². The average Bonchev–Trinajstić information content (AvgIpc) is 2.62. The zero-order chi connectivity index (χ0) is 16.7. The molecule has 0 aliphatic heterocycles. The third kappa shape index (κ3) is 4.09. The van der Waals surface area contributed by atoms with Crippen molar-refractivity contribution in [3.05, 3.63) is 59.4 Å². The number of aryl methyl sites for hydroxylation is 1. The highest BCUT2D eigenvalue weighted by molar-refractivity contribution is 5.93. The minimum Gasteiger partial charge on any atom is -0.478 e. The van der Waals surface area contributed by atoms with Gasteiger partial charge in [0.1, 0.15) is 0 Å². The highest BCUT2D eigenvalue weighted by atomic mass is 16.4. The van der Waals surface area contributed by atoms with Crippen LogP contribution in [0.1, 0.15) is 54.1 Å². The molecule has 3 rings (SSSR count). The number of benzene rings is 1. The molecule has 0 saturated carbocycles. The Bertz CT molecular complexity index is 655. The molecule has 1 aromatic heterocycles. The highest BCUT2D eigenvalue weighted by Gasteiger charge is 2.20. The topological polar surface area (TPSA) is 62.2 Å². The van der Waals surface area contributed by atoms with E-state index in [1.807, 2.05) is 13.8 Å². The monoisotopic (exact) mass is 312 g/mol. The van der Waals surface area contributed by atoms with Crippen molar-refractivity contribution < 1.29 is 9.90 Å². The largest absolute Gasteiger partial charge is 0.478 e. The molecule has 2 aromatic rings. The molecule has 0 radical (unpaired) electrons. The smallest absolute Gasteiger partial charge is 0.337 e. The molecule has 1 heterocycles. The van der Waals surface area contributed by atoms with Gasteiger partial charge in [-0.1, -0.05) is 38.1 Å². The average molecular weight is 312 g/mol. The van der Waals surface area contributed by atoms with Crippen LogP contribution in [0, 0.1) is 0 Å². The van der Waals surface area contributed by atoms with Crippen molar-refractivity contribution in [2.45, 2.75) is 39.0 Å². The third-order valence-electron chi connectivity index (χ3n) is 4.08. The second-order valence-electron chi connectivity index (χ2n) is 5.40. The molecule has 0 bridgehead atoms. The van der Waals surface area contributed by atoms with E-state index >= 15 is 0 Å². The van der Waals surface area contributed by atoms with Crippen molar-refractivity contribution in [3.63, 3.8) is 0 Å². The van der Waals surface area contributed by atoms with Gasteiger partial charge in [-0.05, 0) is 36.5 Å². The Hall–Kier alpha value is -2.36. The molecule has 4 nitrogen and oxygen atoms in total. The number of anilines is 1. The quantitative estimate of drug-likeness (QED) is 0.881. The van der Waals surface area contributed by atoms with Crippen LogP contribution in [0.4, 0.5) is 5.69 Å². The first-order valence-electron chi connectivity index (χ1n) is 8.24. The van der Waals surface area contributed by atoms with Crippen LogP contribution in [0.2, 0.25) is 0 Å². The number of hydrogen-bond donors (Lipinski definition) is 2. The van der Waals surface area contributed by atoms with Crippen LogP contribution in [-0.2, 0) is 6.42 Å². The van der Waals surface area contributed by atoms with E-state index in [-0.39, 0.29) is 5.56 Å². The first-order chi connectivity index (χ1) is 11.3. The highest BCUT2D eigenvalue weighted by Crippen LogP contribution is 2.31.